The van der Waals surface area contributed by atoms with Gasteiger partial charge in [0.2, 0.25) is 5.91 Å². The van der Waals surface area contributed by atoms with Gasteiger partial charge in [-0.2, -0.15) is 0 Å². The number of amides is 1. The average molecular weight is 371 g/mol. The molecular formula is C21H26FN3O2. The molecule has 1 amide bonds. The maximum atomic E-state index is 13.8. The third kappa shape index (κ3) is 4.21. The standard InChI is InChI=1S/C21H26FN3O2/c22-18-8-4-3-7-17(18)19-15-23-20(27-19)9-10-21(26)25-13-11-24(12-14-25)16-5-1-2-6-16/h3-4,7-8,15-16H,1-2,5-6,9-14H2. The first-order chi connectivity index (χ1) is 13.2. The van der Waals surface area contributed by atoms with Crippen molar-refractivity contribution in [1.29, 1.82) is 0 Å². The number of carbonyl (C=O) groups excluding carboxylic acids is 1. The van der Waals surface area contributed by atoms with Gasteiger partial charge < -0.3 is 9.32 Å². The number of oxazole rings is 1. The molecule has 27 heavy (non-hydrogen) atoms. The summed E-state index contributed by atoms with van der Waals surface area (Å²) in [5, 5.41) is 0. The summed E-state index contributed by atoms with van der Waals surface area (Å²) in [6.07, 6.45) is 7.64. The molecule has 4 rings (SSSR count). The topological polar surface area (TPSA) is 49.6 Å². The number of carbonyl (C=O) groups is 1. The van der Waals surface area contributed by atoms with Gasteiger partial charge in [-0.25, -0.2) is 9.37 Å². The molecule has 1 aromatic carbocycles. The Hall–Kier alpha value is -2.21. The molecule has 0 radical (unpaired) electrons. The van der Waals surface area contributed by atoms with Gasteiger partial charge in [0.25, 0.3) is 0 Å². The molecule has 1 saturated heterocycles. The fourth-order valence-corrected chi connectivity index (χ4v) is 4.19. The average Bonchev–Trinajstić information content (AvgIpc) is 3.39. The summed E-state index contributed by atoms with van der Waals surface area (Å²) >= 11 is 0. The SMILES string of the molecule is O=C(CCc1ncc(-c2ccccc2F)o1)N1CCN(C2CCCC2)CC1. The molecule has 2 aliphatic rings. The van der Waals surface area contributed by atoms with Gasteiger partial charge in [-0.1, -0.05) is 25.0 Å². The summed E-state index contributed by atoms with van der Waals surface area (Å²) in [7, 11) is 0. The second kappa shape index (κ2) is 8.21. The van der Waals surface area contributed by atoms with Crippen LogP contribution in [0.25, 0.3) is 11.3 Å². The molecule has 144 valence electrons. The molecule has 1 aliphatic heterocycles. The van der Waals surface area contributed by atoms with E-state index in [0.29, 0.717) is 30.1 Å². The minimum Gasteiger partial charge on any atom is -0.441 e. The second-order valence-electron chi connectivity index (χ2n) is 7.45. The number of nitrogens with zero attached hydrogens (tertiary/aromatic N) is 3. The number of halogens is 1. The number of aromatic nitrogens is 1. The van der Waals surface area contributed by atoms with Gasteiger partial charge in [0.05, 0.1) is 11.8 Å². The van der Waals surface area contributed by atoms with E-state index in [9.17, 15) is 9.18 Å². The molecule has 2 aromatic rings. The first-order valence-corrected chi connectivity index (χ1v) is 9.92. The van der Waals surface area contributed by atoms with Crippen LogP contribution in [-0.2, 0) is 11.2 Å². The van der Waals surface area contributed by atoms with E-state index < -0.39 is 0 Å². The summed E-state index contributed by atoms with van der Waals surface area (Å²) in [4.78, 5) is 21.2. The van der Waals surface area contributed by atoms with Gasteiger partial charge in [0.1, 0.15) is 5.82 Å². The Labute approximate surface area is 159 Å². The fourth-order valence-electron chi connectivity index (χ4n) is 4.19. The van der Waals surface area contributed by atoms with Gasteiger partial charge in [0.15, 0.2) is 11.7 Å². The number of hydrogen-bond acceptors (Lipinski definition) is 4. The Morgan fingerprint density at radius 3 is 2.63 bits per heavy atom. The van der Waals surface area contributed by atoms with Crippen molar-refractivity contribution in [3.05, 3.63) is 42.2 Å². The lowest BCUT2D eigenvalue weighted by atomic mass is 10.1. The Kier molecular flexibility index (Phi) is 5.53. The van der Waals surface area contributed by atoms with Gasteiger partial charge in [-0.3, -0.25) is 9.69 Å². The van der Waals surface area contributed by atoms with Crippen molar-refractivity contribution in [3.8, 4) is 11.3 Å². The van der Waals surface area contributed by atoms with Crippen LogP contribution in [0.2, 0.25) is 0 Å². The highest BCUT2D eigenvalue weighted by atomic mass is 19.1. The van der Waals surface area contributed by atoms with Crippen molar-refractivity contribution >= 4 is 5.91 Å². The van der Waals surface area contributed by atoms with Crippen molar-refractivity contribution in [2.75, 3.05) is 26.2 Å². The quantitative estimate of drug-likeness (QED) is 0.807. The van der Waals surface area contributed by atoms with E-state index in [1.807, 2.05) is 4.90 Å². The number of aryl methyl sites for hydroxylation is 1. The minimum atomic E-state index is -0.337. The van der Waals surface area contributed by atoms with E-state index >= 15 is 0 Å². The number of hydrogen-bond donors (Lipinski definition) is 0. The number of benzene rings is 1. The Morgan fingerprint density at radius 2 is 1.89 bits per heavy atom. The number of piperazine rings is 1. The zero-order chi connectivity index (χ0) is 18.6. The summed E-state index contributed by atoms with van der Waals surface area (Å²) in [6.45, 7) is 3.57. The molecule has 0 N–H and O–H groups in total. The van der Waals surface area contributed by atoms with Crippen LogP contribution in [0.1, 0.15) is 38.0 Å². The highest BCUT2D eigenvalue weighted by Gasteiger charge is 2.27. The molecular weight excluding hydrogens is 345 g/mol. The number of rotatable bonds is 5. The van der Waals surface area contributed by atoms with Crippen LogP contribution in [0, 0.1) is 5.82 Å². The minimum absolute atomic E-state index is 0.145. The van der Waals surface area contributed by atoms with E-state index in [1.165, 1.54) is 37.9 Å². The predicted octanol–water partition coefficient (Wildman–Crippen LogP) is 3.50. The monoisotopic (exact) mass is 371 g/mol. The lowest BCUT2D eigenvalue weighted by Gasteiger charge is -2.38. The Bertz CT molecular complexity index is 777. The Morgan fingerprint density at radius 1 is 1.15 bits per heavy atom. The van der Waals surface area contributed by atoms with E-state index in [0.717, 1.165) is 32.2 Å². The molecule has 1 aromatic heterocycles. The molecule has 0 unspecified atom stereocenters. The van der Waals surface area contributed by atoms with Crippen molar-refractivity contribution < 1.29 is 13.6 Å². The van der Waals surface area contributed by atoms with Crippen LogP contribution in [0.5, 0.6) is 0 Å². The lowest BCUT2D eigenvalue weighted by Crippen LogP contribution is -2.51. The molecule has 0 bridgehead atoms. The molecule has 0 spiro atoms. The summed E-state index contributed by atoms with van der Waals surface area (Å²) in [6, 6.07) is 7.18. The zero-order valence-electron chi connectivity index (χ0n) is 15.6. The molecule has 2 fully saturated rings. The molecule has 6 heteroatoms. The largest absolute Gasteiger partial charge is 0.441 e. The van der Waals surface area contributed by atoms with Crippen LogP contribution >= 0.6 is 0 Å². The van der Waals surface area contributed by atoms with E-state index in [2.05, 4.69) is 9.88 Å². The van der Waals surface area contributed by atoms with Crippen molar-refractivity contribution in [2.45, 2.75) is 44.6 Å². The highest BCUT2D eigenvalue weighted by Crippen LogP contribution is 2.25. The van der Waals surface area contributed by atoms with E-state index in [-0.39, 0.29) is 11.7 Å². The van der Waals surface area contributed by atoms with Crippen molar-refractivity contribution in [1.82, 2.24) is 14.8 Å². The smallest absolute Gasteiger partial charge is 0.223 e. The van der Waals surface area contributed by atoms with E-state index in [1.54, 1.807) is 18.2 Å². The second-order valence-corrected chi connectivity index (χ2v) is 7.45. The van der Waals surface area contributed by atoms with Crippen LogP contribution in [0.3, 0.4) is 0 Å². The van der Waals surface area contributed by atoms with Crippen molar-refractivity contribution in [2.24, 2.45) is 0 Å². The third-order valence-electron chi connectivity index (χ3n) is 5.75. The molecule has 1 saturated carbocycles. The Balaban J connectivity index is 1.27. The highest BCUT2D eigenvalue weighted by molar-refractivity contribution is 5.76. The predicted molar refractivity (Wildman–Crippen MR) is 101 cm³/mol. The molecule has 2 heterocycles. The molecule has 5 nitrogen and oxygen atoms in total. The van der Waals surface area contributed by atoms with Crippen LogP contribution in [0.4, 0.5) is 4.39 Å². The van der Waals surface area contributed by atoms with Crippen molar-refractivity contribution in [3.63, 3.8) is 0 Å². The third-order valence-corrected chi connectivity index (χ3v) is 5.75. The summed E-state index contributed by atoms with van der Waals surface area (Å²) in [5.74, 6) is 0.690. The fraction of sp³-hybridized carbons (Fsp3) is 0.524. The lowest BCUT2D eigenvalue weighted by molar-refractivity contribution is -0.133. The maximum absolute atomic E-state index is 13.8. The van der Waals surface area contributed by atoms with Gasteiger partial charge >= 0.3 is 0 Å². The van der Waals surface area contributed by atoms with Crippen LogP contribution in [0.15, 0.2) is 34.9 Å². The molecule has 1 aliphatic carbocycles. The first-order valence-electron chi connectivity index (χ1n) is 9.92. The van der Waals surface area contributed by atoms with Gasteiger partial charge in [-0.15, -0.1) is 0 Å². The molecule has 0 atom stereocenters. The maximum Gasteiger partial charge on any atom is 0.223 e. The zero-order valence-corrected chi connectivity index (χ0v) is 15.6. The van der Waals surface area contributed by atoms with Gasteiger partial charge in [0, 0.05) is 45.1 Å². The van der Waals surface area contributed by atoms with Crippen LogP contribution < -0.4 is 0 Å². The van der Waals surface area contributed by atoms with Gasteiger partial charge in [-0.05, 0) is 25.0 Å². The van der Waals surface area contributed by atoms with E-state index in [4.69, 9.17) is 4.42 Å². The normalized spacial score (nSPS) is 18.9. The van der Waals surface area contributed by atoms with Crippen LogP contribution in [-0.4, -0.2) is 52.9 Å². The first kappa shape index (κ1) is 18.2. The summed E-state index contributed by atoms with van der Waals surface area (Å²) < 4.78 is 19.5. The summed E-state index contributed by atoms with van der Waals surface area (Å²) in [5.41, 5.74) is 0.394.